The molecule has 0 spiro atoms. The van der Waals surface area contributed by atoms with Crippen LogP contribution in [-0.4, -0.2) is 26.8 Å². The van der Waals surface area contributed by atoms with Gasteiger partial charge in [-0.25, -0.2) is 0 Å². The van der Waals surface area contributed by atoms with Crippen molar-refractivity contribution in [2.24, 2.45) is 0 Å². The van der Waals surface area contributed by atoms with E-state index < -0.39 is 15.9 Å². The molecule has 0 aromatic heterocycles. The second kappa shape index (κ2) is 9.37. The van der Waals surface area contributed by atoms with Gasteiger partial charge < -0.3 is 16.0 Å². The molecule has 1 amide bonds. The lowest BCUT2D eigenvalue weighted by molar-refractivity contribution is 0.0933. The van der Waals surface area contributed by atoms with Crippen LogP contribution in [0.4, 0.5) is 5.69 Å². The molecule has 27 heavy (non-hydrogen) atoms. The number of halogens is 3. The summed E-state index contributed by atoms with van der Waals surface area (Å²) in [7, 11) is 0. The van der Waals surface area contributed by atoms with Crippen molar-refractivity contribution in [2.75, 3.05) is 5.32 Å². The first-order valence-corrected chi connectivity index (χ1v) is 9.32. The molecule has 0 aliphatic rings. The van der Waals surface area contributed by atoms with Crippen molar-refractivity contribution in [1.29, 1.82) is 0 Å². The SMILES string of the molecule is CC(=O)c1ccc(NC(=S)NC(NC(=O)c2ccccc2)C(Cl)(Cl)Cl)cc1. The maximum absolute atomic E-state index is 12.3. The van der Waals surface area contributed by atoms with Crippen LogP contribution in [-0.2, 0) is 0 Å². The number of hydrogen-bond donors (Lipinski definition) is 3. The summed E-state index contributed by atoms with van der Waals surface area (Å²) in [5.41, 5.74) is 1.63. The molecule has 9 heteroatoms. The summed E-state index contributed by atoms with van der Waals surface area (Å²) in [4.78, 5) is 23.6. The Morgan fingerprint density at radius 1 is 0.926 bits per heavy atom. The summed E-state index contributed by atoms with van der Waals surface area (Å²) < 4.78 is -1.85. The van der Waals surface area contributed by atoms with E-state index in [1.165, 1.54) is 6.92 Å². The number of nitrogens with one attached hydrogen (secondary N) is 3. The molecule has 0 aliphatic heterocycles. The molecule has 0 bridgehead atoms. The molecule has 0 aliphatic carbocycles. The van der Waals surface area contributed by atoms with Crippen LogP contribution in [0.1, 0.15) is 27.6 Å². The third-order valence-electron chi connectivity index (χ3n) is 3.46. The number of rotatable bonds is 5. The number of thiocarbonyl (C=S) groups is 1. The van der Waals surface area contributed by atoms with Gasteiger partial charge in [0, 0.05) is 16.8 Å². The zero-order valence-electron chi connectivity index (χ0n) is 14.1. The number of anilines is 1. The largest absolute Gasteiger partial charge is 0.339 e. The maximum Gasteiger partial charge on any atom is 0.252 e. The normalized spacial score (nSPS) is 12.0. The molecule has 3 N–H and O–H groups in total. The van der Waals surface area contributed by atoms with E-state index in [2.05, 4.69) is 16.0 Å². The van der Waals surface area contributed by atoms with E-state index in [1.54, 1.807) is 54.6 Å². The molecule has 0 radical (unpaired) electrons. The van der Waals surface area contributed by atoms with E-state index in [4.69, 9.17) is 47.0 Å². The van der Waals surface area contributed by atoms with Crippen LogP contribution < -0.4 is 16.0 Å². The van der Waals surface area contributed by atoms with Gasteiger partial charge >= 0.3 is 0 Å². The quantitative estimate of drug-likeness (QED) is 0.278. The number of alkyl halides is 3. The minimum atomic E-state index is -1.85. The molecular formula is C18H16Cl3N3O2S. The predicted octanol–water partition coefficient (Wildman–Crippen LogP) is 4.30. The predicted molar refractivity (Wildman–Crippen MR) is 114 cm³/mol. The molecule has 142 valence electrons. The summed E-state index contributed by atoms with van der Waals surface area (Å²) in [6, 6.07) is 15.2. The molecule has 0 saturated carbocycles. The van der Waals surface area contributed by atoms with Gasteiger partial charge in [-0.05, 0) is 55.5 Å². The smallest absolute Gasteiger partial charge is 0.252 e. The molecule has 0 fully saturated rings. The van der Waals surface area contributed by atoms with E-state index in [1.807, 2.05) is 0 Å². The Bertz CT molecular complexity index is 824. The Hall–Kier alpha value is -1.86. The second-order valence-electron chi connectivity index (χ2n) is 5.55. The highest BCUT2D eigenvalue weighted by Crippen LogP contribution is 2.29. The van der Waals surface area contributed by atoms with Gasteiger partial charge in [0.15, 0.2) is 10.9 Å². The zero-order chi connectivity index (χ0) is 20.0. The van der Waals surface area contributed by atoms with Gasteiger partial charge in [-0.2, -0.15) is 0 Å². The number of ketones is 1. The van der Waals surface area contributed by atoms with Gasteiger partial charge in [0.25, 0.3) is 5.91 Å². The Balaban J connectivity index is 2.03. The van der Waals surface area contributed by atoms with E-state index in [0.717, 1.165) is 0 Å². The Labute approximate surface area is 177 Å². The highest BCUT2D eigenvalue weighted by atomic mass is 35.6. The molecule has 2 aromatic rings. The van der Waals surface area contributed by atoms with Crippen LogP contribution >= 0.6 is 47.0 Å². The van der Waals surface area contributed by atoms with Crippen molar-refractivity contribution >= 4 is 69.5 Å². The van der Waals surface area contributed by atoms with Gasteiger partial charge in [-0.1, -0.05) is 53.0 Å². The fourth-order valence-corrected chi connectivity index (χ4v) is 2.65. The van der Waals surface area contributed by atoms with E-state index in [0.29, 0.717) is 16.8 Å². The molecule has 5 nitrogen and oxygen atoms in total. The lowest BCUT2D eigenvalue weighted by atomic mass is 10.1. The first kappa shape index (κ1) is 21.4. The lowest BCUT2D eigenvalue weighted by Gasteiger charge is -2.27. The van der Waals surface area contributed by atoms with Crippen molar-refractivity contribution in [3.63, 3.8) is 0 Å². The van der Waals surface area contributed by atoms with Gasteiger partial charge in [-0.3, -0.25) is 9.59 Å². The van der Waals surface area contributed by atoms with Crippen LogP contribution in [0.5, 0.6) is 0 Å². The first-order chi connectivity index (χ1) is 12.7. The molecule has 1 unspecified atom stereocenters. The molecular weight excluding hydrogens is 429 g/mol. The van der Waals surface area contributed by atoms with E-state index >= 15 is 0 Å². The van der Waals surface area contributed by atoms with Crippen LogP contribution in [0.15, 0.2) is 54.6 Å². The molecule has 2 aromatic carbocycles. The number of carbonyl (C=O) groups is 2. The summed E-state index contributed by atoms with van der Waals surface area (Å²) in [6.45, 7) is 1.48. The Morgan fingerprint density at radius 3 is 2.04 bits per heavy atom. The monoisotopic (exact) mass is 443 g/mol. The minimum absolute atomic E-state index is 0.0397. The second-order valence-corrected chi connectivity index (χ2v) is 8.32. The van der Waals surface area contributed by atoms with Crippen molar-refractivity contribution < 1.29 is 9.59 Å². The van der Waals surface area contributed by atoms with Crippen LogP contribution in [0.3, 0.4) is 0 Å². The number of Topliss-reactive ketones (excluding diaryl/α,β-unsaturated/α-hetero) is 1. The average Bonchev–Trinajstić information content (AvgIpc) is 2.61. The maximum atomic E-state index is 12.3. The number of carbonyl (C=O) groups excluding carboxylic acids is 2. The van der Waals surface area contributed by atoms with Gasteiger partial charge in [0.2, 0.25) is 3.79 Å². The third-order valence-corrected chi connectivity index (χ3v) is 4.34. The molecule has 0 saturated heterocycles. The van der Waals surface area contributed by atoms with Crippen LogP contribution in [0, 0.1) is 0 Å². The molecule has 0 heterocycles. The number of amides is 1. The standard InChI is InChI=1S/C18H16Cl3N3O2S/c1-11(25)12-7-9-14(10-8-12)22-17(27)24-16(18(19,20)21)23-15(26)13-5-3-2-4-6-13/h2-10,16H,1H3,(H,23,26)(H2,22,24,27). The van der Waals surface area contributed by atoms with Crippen LogP contribution in [0.2, 0.25) is 0 Å². The summed E-state index contributed by atoms with van der Waals surface area (Å²) >= 11 is 23.1. The van der Waals surface area contributed by atoms with Gasteiger partial charge in [0.05, 0.1) is 0 Å². The van der Waals surface area contributed by atoms with Gasteiger partial charge in [0.1, 0.15) is 6.17 Å². The highest BCUT2D eigenvalue weighted by Gasteiger charge is 2.34. The van der Waals surface area contributed by atoms with Crippen molar-refractivity contribution in [3.8, 4) is 0 Å². The minimum Gasteiger partial charge on any atom is -0.339 e. The summed E-state index contributed by atoms with van der Waals surface area (Å²) in [5.74, 6) is -0.463. The fourth-order valence-electron chi connectivity index (χ4n) is 2.09. The summed E-state index contributed by atoms with van der Waals surface area (Å²) in [5, 5.41) is 8.40. The Kier molecular flexibility index (Phi) is 7.44. The molecule has 2 rings (SSSR count). The summed E-state index contributed by atoms with van der Waals surface area (Å²) in [6.07, 6.45) is -1.08. The Morgan fingerprint density at radius 2 is 1.52 bits per heavy atom. The third kappa shape index (κ3) is 6.66. The number of hydrogen-bond acceptors (Lipinski definition) is 3. The first-order valence-electron chi connectivity index (χ1n) is 7.78. The van der Waals surface area contributed by atoms with E-state index in [-0.39, 0.29) is 10.9 Å². The van der Waals surface area contributed by atoms with Crippen LogP contribution in [0.25, 0.3) is 0 Å². The number of benzene rings is 2. The van der Waals surface area contributed by atoms with Crippen molar-refractivity contribution in [1.82, 2.24) is 10.6 Å². The van der Waals surface area contributed by atoms with E-state index in [9.17, 15) is 9.59 Å². The van der Waals surface area contributed by atoms with Crippen molar-refractivity contribution in [3.05, 3.63) is 65.7 Å². The zero-order valence-corrected chi connectivity index (χ0v) is 17.2. The molecule has 1 atom stereocenters. The van der Waals surface area contributed by atoms with Gasteiger partial charge in [-0.15, -0.1) is 0 Å². The van der Waals surface area contributed by atoms with Crippen molar-refractivity contribution in [2.45, 2.75) is 16.9 Å². The average molecular weight is 445 g/mol. The topological polar surface area (TPSA) is 70.2 Å². The fraction of sp³-hybridized carbons (Fsp3) is 0.167. The highest BCUT2D eigenvalue weighted by molar-refractivity contribution is 7.80. The lowest BCUT2D eigenvalue weighted by Crippen LogP contribution is -2.56.